The summed E-state index contributed by atoms with van der Waals surface area (Å²) in [4.78, 5) is 19.5. The third-order valence-electron chi connectivity index (χ3n) is 1.93. The zero-order valence-corrected chi connectivity index (χ0v) is 9.65. The molecule has 16 heavy (non-hydrogen) atoms. The molecule has 1 aromatic rings. The van der Waals surface area contributed by atoms with E-state index in [1.54, 1.807) is 19.2 Å². The Bertz CT molecular complexity index is 356. The number of ether oxygens (including phenoxy) is 1. The van der Waals surface area contributed by atoms with E-state index in [9.17, 15) is 4.79 Å². The number of rotatable bonds is 5. The molecule has 0 aliphatic heterocycles. The van der Waals surface area contributed by atoms with Gasteiger partial charge in [0.05, 0.1) is 7.11 Å². The molecule has 0 aliphatic rings. The predicted octanol–water partition coefficient (Wildman–Crippen LogP) is 0.422. The fourth-order valence-electron chi connectivity index (χ4n) is 1.11. The van der Waals surface area contributed by atoms with Gasteiger partial charge in [-0.1, -0.05) is 0 Å². The number of nitrogens with one attached hydrogen (secondary N) is 2. The van der Waals surface area contributed by atoms with Crippen LogP contribution >= 0.6 is 0 Å². The van der Waals surface area contributed by atoms with Gasteiger partial charge in [-0.05, 0) is 13.8 Å². The summed E-state index contributed by atoms with van der Waals surface area (Å²) in [6, 6.07) is 1.26. The van der Waals surface area contributed by atoms with E-state index < -0.39 is 0 Å². The van der Waals surface area contributed by atoms with Crippen LogP contribution in [0.25, 0.3) is 0 Å². The first-order valence-corrected chi connectivity index (χ1v) is 5.08. The standard InChI is InChI=1S/C10H16N4O2/c1-4-11-9(15)7(2)13-10-12-6-5-8(14-10)16-3/h5-7H,4H2,1-3H3,(H,11,15)(H,12,13,14). The number of methoxy groups -OCH3 is 1. The molecule has 0 bridgehead atoms. The number of carbonyl (C=O) groups excluding carboxylic acids is 1. The Morgan fingerprint density at radius 3 is 3.00 bits per heavy atom. The van der Waals surface area contributed by atoms with Crippen molar-refractivity contribution < 1.29 is 9.53 Å². The van der Waals surface area contributed by atoms with Crippen molar-refractivity contribution in [2.24, 2.45) is 0 Å². The van der Waals surface area contributed by atoms with Crippen LogP contribution in [0.1, 0.15) is 13.8 Å². The Balaban J connectivity index is 2.61. The van der Waals surface area contributed by atoms with Gasteiger partial charge in [0, 0.05) is 18.8 Å². The van der Waals surface area contributed by atoms with Crippen LogP contribution in [0.2, 0.25) is 0 Å². The van der Waals surface area contributed by atoms with Gasteiger partial charge in [-0.2, -0.15) is 4.98 Å². The molecular formula is C10H16N4O2. The highest BCUT2D eigenvalue weighted by Crippen LogP contribution is 2.07. The summed E-state index contributed by atoms with van der Waals surface area (Å²) in [5, 5.41) is 5.59. The number of nitrogens with zero attached hydrogens (tertiary/aromatic N) is 2. The highest BCUT2D eigenvalue weighted by molar-refractivity contribution is 5.83. The molecule has 0 aromatic carbocycles. The zero-order valence-electron chi connectivity index (χ0n) is 9.65. The maximum Gasteiger partial charge on any atom is 0.242 e. The van der Waals surface area contributed by atoms with Crippen LogP contribution in [0.5, 0.6) is 5.88 Å². The maximum atomic E-state index is 11.4. The first-order valence-electron chi connectivity index (χ1n) is 5.08. The van der Waals surface area contributed by atoms with Crippen molar-refractivity contribution in [3.8, 4) is 5.88 Å². The maximum absolute atomic E-state index is 11.4. The Morgan fingerprint density at radius 1 is 1.62 bits per heavy atom. The molecule has 0 saturated heterocycles. The minimum Gasteiger partial charge on any atom is -0.481 e. The molecule has 6 heteroatoms. The molecule has 1 unspecified atom stereocenters. The lowest BCUT2D eigenvalue weighted by molar-refractivity contribution is -0.121. The van der Waals surface area contributed by atoms with Crippen molar-refractivity contribution >= 4 is 11.9 Å². The first-order chi connectivity index (χ1) is 7.67. The van der Waals surface area contributed by atoms with E-state index in [0.29, 0.717) is 18.4 Å². The van der Waals surface area contributed by atoms with Gasteiger partial charge in [0.2, 0.25) is 17.7 Å². The monoisotopic (exact) mass is 224 g/mol. The lowest BCUT2D eigenvalue weighted by Crippen LogP contribution is -2.37. The van der Waals surface area contributed by atoms with E-state index in [4.69, 9.17) is 4.74 Å². The number of amides is 1. The topological polar surface area (TPSA) is 76.1 Å². The van der Waals surface area contributed by atoms with Crippen LogP contribution in [0.4, 0.5) is 5.95 Å². The molecular weight excluding hydrogens is 208 g/mol. The lowest BCUT2D eigenvalue weighted by atomic mass is 10.3. The van der Waals surface area contributed by atoms with Crippen LogP contribution < -0.4 is 15.4 Å². The van der Waals surface area contributed by atoms with Crippen molar-refractivity contribution in [3.63, 3.8) is 0 Å². The molecule has 2 N–H and O–H groups in total. The second kappa shape index (κ2) is 5.89. The number of anilines is 1. The van der Waals surface area contributed by atoms with Gasteiger partial charge in [-0.25, -0.2) is 4.98 Å². The van der Waals surface area contributed by atoms with Crippen molar-refractivity contribution in [2.75, 3.05) is 19.0 Å². The number of hydrogen-bond acceptors (Lipinski definition) is 5. The molecule has 1 rings (SSSR count). The molecule has 0 spiro atoms. The second-order valence-electron chi connectivity index (χ2n) is 3.18. The second-order valence-corrected chi connectivity index (χ2v) is 3.18. The van der Waals surface area contributed by atoms with Gasteiger partial charge in [-0.3, -0.25) is 4.79 Å². The van der Waals surface area contributed by atoms with Crippen LogP contribution in [0, 0.1) is 0 Å². The third kappa shape index (κ3) is 3.38. The lowest BCUT2D eigenvalue weighted by Gasteiger charge is -2.13. The van der Waals surface area contributed by atoms with Crippen molar-refractivity contribution in [1.82, 2.24) is 15.3 Å². The average molecular weight is 224 g/mol. The Hall–Kier alpha value is -1.85. The Kier molecular flexibility index (Phi) is 4.50. The quantitative estimate of drug-likeness (QED) is 0.758. The van der Waals surface area contributed by atoms with E-state index in [0.717, 1.165) is 0 Å². The molecule has 6 nitrogen and oxygen atoms in total. The predicted molar refractivity (Wildman–Crippen MR) is 60.4 cm³/mol. The van der Waals surface area contributed by atoms with Crippen LogP contribution in [0.3, 0.4) is 0 Å². The third-order valence-corrected chi connectivity index (χ3v) is 1.93. The minimum absolute atomic E-state index is 0.0890. The molecule has 1 aromatic heterocycles. The molecule has 88 valence electrons. The van der Waals surface area contributed by atoms with Crippen LogP contribution in [-0.2, 0) is 4.79 Å². The number of carbonyl (C=O) groups is 1. The molecule has 0 fully saturated rings. The van der Waals surface area contributed by atoms with E-state index >= 15 is 0 Å². The summed E-state index contributed by atoms with van der Waals surface area (Å²) < 4.78 is 4.95. The van der Waals surface area contributed by atoms with Gasteiger partial charge in [0.15, 0.2) is 0 Å². The summed E-state index contributed by atoms with van der Waals surface area (Å²) in [5.74, 6) is 0.743. The van der Waals surface area contributed by atoms with Gasteiger partial charge in [0.1, 0.15) is 6.04 Å². The first kappa shape index (κ1) is 12.2. The highest BCUT2D eigenvalue weighted by Gasteiger charge is 2.12. The highest BCUT2D eigenvalue weighted by atomic mass is 16.5. The summed E-state index contributed by atoms with van der Waals surface area (Å²) in [6.07, 6.45) is 1.57. The van der Waals surface area contributed by atoms with Gasteiger partial charge in [-0.15, -0.1) is 0 Å². The number of likely N-dealkylation sites (N-methyl/N-ethyl adjacent to an activating group) is 1. The summed E-state index contributed by atoms with van der Waals surface area (Å²) in [5.41, 5.74) is 0. The molecule has 0 aliphatic carbocycles. The van der Waals surface area contributed by atoms with Crippen LogP contribution in [-0.4, -0.2) is 35.6 Å². The average Bonchev–Trinajstić information content (AvgIpc) is 2.29. The molecule has 1 amide bonds. The zero-order chi connectivity index (χ0) is 12.0. The number of aromatic nitrogens is 2. The van der Waals surface area contributed by atoms with Crippen LogP contribution in [0.15, 0.2) is 12.3 Å². The molecule has 0 radical (unpaired) electrons. The largest absolute Gasteiger partial charge is 0.481 e. The Morgan fingerprint density at radius 2 is 2.38 bits per heavy atom. The fraction of sp³-hybridized carbons (Fsp3) is 0.500. The van der Waals surface area contributed by atoms with E-state index in [-0.39, 0.29) is 11.9 Å². The molecule has 1 atom stereocenters. The smallest absolute Gasteiger partial charge is 0.242 e. The van der Waals surface area contributed by atoms with E-state index in [2.05, 4.69) is 20.6 Å². The minimum atomic E-state index is -0.382. The summed E-state index contributed by atoms with van der Waals surface area (Å²) >= 11 is 0. The van der Waals surface area contributed by atoms with Gasteiger partial charge >= 0.3 is 0 Å². The summed E-state index contributed by atoms with van der Waals surface area (Å²) in [6.45, 7) is 4.21. The van der Waals surface area contributed by atoms with Gasteiger partial charge < -0.3 is 15.4 Å². The number of hydrogen-bond donors (Lipinski definition) is 2. The van der Waals surface area contributed by atoms with Crippen molar-refractivity contribution in [2.45, 2.75) is 19.9 Å². The SMILES string of the molecule is CCNC(=O)C(C)Nc1nccc(OC)n1. The molecule has 1 heterocycles. The fourth-order valence-corrected chi connectivity index (χ4v) is 1.11. The summed E-state index contributed by atoms with van der Waals surface area (Å²) in [7, 11) is 1.53. The van der Waals surface area contributed by atoms with Gasteiger partial charge in [0.25, 0.3) is 0 Å². The molecule has 0 saturated carbocycles. The van der Waals surface area contributed by atoms with Crippen molar-refractivity contribution in [1.29, 1.82) is 0 Å². The Labute approximate surface area is 94.4 Å². The van der Waals surface area contributed by atoms with E-state index in [1.807, 2.05) is 6.92 Å². The van der Waals surface area contributed by atoms with E-state index in [1.165, 1.54) is 7.11 Å². The van der Waals surface area contributed by atoms with Crippen molar-refractivity contribution in [3.05, 3.63) is 12.3 Å². The normalized spacial score (nSPS) is 11.7.